The average Bonchev–Trinajstić information content (AvgIpc) is 2.38. The van der Waals surface area contributed by atoms with E-state index in [4.69, 9.17) is 4.74 Å². The highest BCUT2D eigenvalue weighted by Gasteiger charge is 1.95. The second-order valence-corrected chi connectivity index (χ2v) is 3.91. The first-order valence-corrected chi connectivity index (χ1v) is 5.87. The monoisotopic (exact) mass is 232 g/mol. The van der Waals surface area contributed by atoms with Crippen molar-refractivity contribution >= 4 is 6.08 Å². The third kappa shape index (κ3) is 5.36. The first-order valence-electron chi connectivity index (χ1n) is 5.87. The molecule has 0 aliphatic carbocycles. The van der Waals surface area contributed by atoms with E-state index in [9.17, 15) is 5.11 Å². The SMILES string of the molecule is C=CC(O)CCC/C=C/c1ccc(OC)cc1. The molecule has 1 unspecified atom stereocenters. The van der Waals surface area contributed by atoms with Gasteiger partial charge in [0.05, 0.1) is 13.2 Å². The van der Waals surface area contributed by atoms with Crippen LogP contribution in [0.15, 0.2) is 43.0 Å². The summed E-state index contributed by atoms with van der Waals surface area (Å²) in [5, 5.41) is 9.28. The molecule has 0 fully saturated rings. The number of aliphatic hydroxyl groups is 1. The molecule has 0 spiro atoms. The minimum absolute atomic E-state index is 0.371. The number of unbranched alkanes of at least 4 members (excludes halogenated alkanes) is 1. The number of methoxy groups -OCH3 is 1. The third-order valence-corrected chi connectivity index (χ3v) is 2.57. The molecule has 0 bridgehead atoms. The summed E-state index contributed by atoms with van der Waals surface area (Å²) in [6, 6.07) is 7.93. The Labute approximate surface area is 103 Å². The minimum Gasteiger partial charge on any atom is -0.497 e. The van der Waals surface area contributed by atoms with Crippen LogP contribution in [-0.4, -0.2) is 18.3 Å². The maximum Gasteiger partial charge on any atom is 0.118 e. The molecule has 0 heterocycles. The molecular formula is C15H20O2. The smallest absolute Gasteiger partial charge is 0.118 e. The van der Waals surface area contributed by atoms with Gasteiger partial charge in [-0.3, -0.25) is 0 Å². The van der Waals surface area contributed by atoms with Gasteiger partial charge in [-0.2, -0.15) is 0 Å². The highest BCUT2D eigenvalue weighted by Crippen LogP contribution is 2.13. The predicted octanol–water partition coefficient (Wildman–Crippen LogP) is 3.43. The number of hydrogen-bond donors (Lipinski definition) is 1. The van der Waals surface area contributed by atoms with E-state index in [2.05, 4.69) is 18.7 Å². The lowest BCUT2D eigenvalue weighted by Crippen LogP contribution is -1.99. The Morgan fingerprint density at radius 3 is 2.65 bits per heavy atom. The van der Waals surface area contributed by atoms with Crippen molar-refractivity contribution in [2.24, 2.45) is 0 Å². The van der Waals surface area contributed by atoms with Gasteiger partial charge in [0.2, 0.25) is 0 Å². The second kappa shape index (κ2) is 7.69. The molecule has 1 aromatic rings. The van der Waals surface area contributed by atoms with Gasteiger partial charge in [0, 0.05) is 0 Å². The standard InChI is InChI=1S/C15H20O2/c1-3-14(16)8-6-4-5-7-13-9-11-15(17-2)12-10-13/h3,5,7,9-12,14,16H,1,4,6,8H2,2H3/b7-5+. The highest BCUT2D eigenvalue weighted by molar-refractivity contribution is 5.50. The minimum atomic E-state index is -0.371. The van der Waals surface area contributed by atoms with Gasteiger partial charge in [0.1, 0.15) is 5.75 Å². The van der Waals surface area contributed by atoms with E-state index in [1.807, 2.05) is 24.3 Å². The van der Waals surface area contributed by atoms with Gasteiger partial charge >= 0.3 is 0 Å². The molecule has 0 aromatic heterocycles. The maximum atomic E-state index is 9.28. The number of benzene rings is 1. The lowest BCUT2D eigenvalue weighted by atomic mass is 10.1. The average molecular weight is 232 g/mol. The molecule has 2 heteroatoms. The Hall–Kier alpha value is -1.54. The van der Waals surface area contributed by atoms with Gasteiger partial charge in [-0.1, -0.05) is 30.4 Å². The molecule has 0 radical (unpaired) electrons. The summed E-state index contributed by atoms with van der Waals surface area (Å²) in [6.45, 7) is 3.54. The molecule has 1 rings (SSSR count). The summed E-state index contributed by atoms with van der Waals surface area (Å²) < 4.78 is 5.09. The van der Waals surface area contributed by atoms with Crippen molar-refractivity contribution in [3.63, 3.8) is 0 Å². The summed E-state index contributed by atoms with van der Waals surface area (Å²) in [5.41, 5.74) is 1.16. The van der Waals surface area contributed by atoms with E-state index < -0.39 is 0 Å². The normalized spacial score (nSPS) is 12.6. The zero-order chi connectivity index (χ0) is 12.5. The van der Waals surface area contributed by atoms with Crippen molar-refractivity contribution in [1.29, 1.82) is 0 Å². The zero-order valence-electron chi connectivity index (χ0n) is 10.3. The topological polar surface area (TPSA) is 29.5 Å². The number of rotatable bonds is 7. The van der Waals surface area contributed by atoms with Crippen LogP contribution in [0.4, 0.5) is 0 Å². The molecule has 17 heavy (non-hydrogen) atoms. The molecule has 0 amide bonds. The molecule has 1 aromatic carbocycles. The van der Waals surface area contributed by atoms with Crippen molar-refractivity contribution in [2.45, 2.75) is 25.4 Å². The molecule has 2 nitrogen and oxygen atoms in total. The number of hydrogen-bond acceptors (Lipinski definition) is 2. The van der Waals surface area contributed by atoms with Crippen LogP contribution >= 0.6 is 0 Å². The Balaban J connectivity index is 2.30. The van der Waals surface area contributed by atoms with E-state index in [0.717, 1.165) is 30.6 Å². The fraction of sp³-hybridized carbons (Fsp3) is 0.333. The molecule has 0 saturated carbocycles. The van der Waals surface area contributed by atoms with Crippen molar-refractivity contribution < 1.29 is 9.84 Å². The van der Waals surface area contributed by atoms with Crippen LogP contribution in [-0.2, 0) is 0 Å². The van der Waals surface area contributed by atoms with Gasteiger partial charge in [0.15, 0.2) is 0 Å². The number of aliphatic hydroxyl groups excluding tert-OH is 1. The van der Waals surface area contributed by atoms with Crippen LogP contribution in [0.3, 0.4) is 0 Å². The number of allylic oxidation sites excluding steroid dienone is 1. The Morgan fingerprint density at radius 2 is 2.06 bits per heavy atom. The van der Waals surface area contributed by atoms with E-state index in [1.54, 1.807) is 13.2 Å². The second-order valence-electron chi connectivity index (χ2n) is 3.91. The van der Waals surface area contributed by atoms with Crippen LogP contribution in [0, 0.1) is 0 Å². The predicted molar refractivity (Wildman–Crippen MR) is 72.1 cm³/mol. The van der Waals surface area contributed by atoms with Crippen LogP contribution in [0.5, 0.6) is 5.75 Å². The Kier molecular flexibility index (Phi) is 6.12. The quantitative estimate of drug-likeness (QED) is 0.576. The molecule has 0 saturated heterocycles. The zero-order valence-corrected chi connectivity index (χ0v) is 10.3. The maximum absolute atomic E-state index is 9.28. The van der Waals surface area contributed by atoms with Gasteiger partial charge in [-0.15, -0.1) is 6.58 Å². The summed E-state index contributed by atoms with van der Waals surface area (Å²) in [5.74, 6) is 0.872. The molecule has 92 valence electrons. The van der Waals surface area contributed by atoms with Gasteiger partial charge < -0.3 is 9.84 Å². The van der Waals surface area contributed by atoms with Gasteiger partial charge in [0.25, 0.3) is 0 Å². The largest absolute Gasteiger partial charge is 0.497 e. The molecule has 0 aliphatic rings. The fourth-order valence-electron chi connectivity index (χ4n) is 1.50. The molecule has 0 aliphatic heterocycles. The number of ether oxygens (including phenoxy) is 1. The van der Waals surface area contributed by atoms with E-state index in [1.165, 1.54) is 0 Å². The van der Waals surface area contributed by atoms with Crippen molar-refractivity contribution in [2.75, 3.05) is 7.11 Å². The summed E-state index contributed by atoms with van der Waals surface area (Å²) in [7, 11) is 1.66. The molecule has 1 N–H and O–H groups in total. The first-order chi connectivity index (χ1) is 8.26. The van der Waals surface area contributed by atoms with Crippen LogP contribution in [0.25, 0.3) is 6.08 Å². The van der Waals surface area contributed by atoms with E-state index >= 15 is 0 Å². The first kappa shape index (κ1) is 13.5. The summed E-state index contributed by atoms with van der Waals surface area (Å²) >= 11 is 0. The van der Waals surface area contributed by atoms with Crippen molar-refractivity contribution in [3.05, 3.63) is 48.6 Å². The summed E-state index contributed by atoms with van der Waals surface area (Å²) in [6.07, 6.45) is 8.13. The van der Waals surface area contributed by atoms with Gasteiger partial charge in [-0.05, 0) is 37.0 Å². The Morgan fingerprint density at radius 1 is 1.35 bits per heavy atom. The van der Waals surface area contributed by atoms with E-state index in [0.29, 0.717) is 0 Å². The van der Waals surface area contributed by atoms with Crippen LogP contribution < -0.4 is 4.74 Å². The van der Waals surface area contributed by atoms with Crippen molar-refractivity contribution in [3.8, 4) is 5.75 Å². The lowest BCUT2D eigenvalue weighted by Gasteiger charge is -2.02. The van der Waals surface area contributed by atoms with Crippen molar-refractivity contribution in [1.82, 2.24) is 0 Å². The van der Waals surface area contributed by atoms with Crippen LogP contribution in [0.1, 0.15) is 24.8 Å². The van der Waals surface area contributed by atoms with Gasteiger partial charge in [-0.25, -0.2) is 0 Å². The fourth-order valence-corrected chi connectivity index (χ4v) is 1.50. The lowest BCUT2D eigenvalue weighted by molar-refractivity contribution is 0.210. The molecule has 1 atom stereocenters. The van der Waals surface area contributed by atoms with Crippen LogP contribution in [0.2, 0.25) is 0 Å². The summed E-state index contributed by atoms with van der Waals surface area (Å²) in [4.78, 5) is 0. The molecular weight excluding hydrogens is 212 g/mol. The third-order valence-electron chi connectivity index (χ3n) is 2.57. The highest BCUT2D eigenvalue weighted by atomic mass is 16.5. The Bertz CT molecular complexity index is 352. The van der Waals surface area contributed by atoms with E-state index in [-0.39, 0.29) is 6.10 Å².